The smallest absolute Gasteiger partial charge is 0.183 e. The predicted octanol–water partition coefficient (Wildman–Crippen LogP) is 2.16. The third-order valence-electron chi connectivity index (χ3n) is 2.02. The van der Waals surface area contributed by atoms with Crippen LogP contribution < -0.4 is 5.32 Å². The number of nitrogens with one attached hydrogen (secondary N) is 2. The van der Waals surface area contributed by atoms with Gasteiger partial charge in [0.25, 0.3) is 0 Å². The molecule has 0 atom stereocenters. The molecular formula is C10H16ClN5S2. The van der Waals surface area contributed by atoms with Gasteiger partial charge < -0.3 is 4.98 Å². The average molecular weight is 306 g/mol. The zero-order chi connectivity index (χ0) is 12.5. The van der Waals surface area contributed by atoms with Crippen LogP contribution in [0.3, 0.4) is 0 Å². The number of nitrogens with zero attached hydrogens (tertiary/aromatic N) is 3. The van der Waals surface area contributed by atoms with Crippen molar-refractivity contribution in [2.24, 2.45) is 4.99 Å². The third kappa shape index (κ3) is 6.19. The highest BCUT2D eigenvalue weighted by Gasteiger charge is 2.00. The SMILES string of the molecule is CSC(=NCCSCc1nc[nH]c1C)NC#N.Cl. The topological polar surface area (TPSA) is 76.9 Å². The molecule has 0 saturated carbocycles. The predicted molar refractivity (Wildman–Crippen MR) is 81.3 cm³/mol. The van der Waals surface area contributed by atoms with Gasteiger partial charge in [0.05, 0.1) is 18.6 Å². The van der Waals surface area contributed by atoms with E-state index in [0.29, 0.717) is 11.7 Å². The summed E-state index contributed by atoms with van der Waals surface area (Å²) >= 11 is 3.23. The fraction of sp³-hybridized carbons (Fsp3) is 0.500. The second-order valence-electron chi connectivity index (χ2n) is 3.15. The first-order valence-corrected chi connectivity index (χ1v) is 7.46. The maximum absolute atomic E-state index is 8.45. The van der Waals surface area contributed by atoms with E-state index < -0.39 is 0 Å². The van der Waals surface area contributed by atoms with Gasteiger partial charge in [-0.3, -0.25) is 10.3 Å². The van der Waals surface area contributed by atoms with Gasteiger partial charge in [-0.25, -0.2) is 4.98 Å². The van der Waals surface area contributed by atoms with Crippen molar-refractivity contribution in [2.45, 2.75) is 12.7 Å². The van der Waals surface area contributed by atoms with E-state index in [9.17, 15) is 0 Å². The van der Waals surface area contributed by atoms with E-state index >= 15 is 0 Å². The molecule has 1 rings (SSSR count). The number of aromatic amines is 1. The van der Waals surface area contributed by atoms with Crippen molar-refractivity contribution >= 4 is 41.1 Å². The normalized spacial score (nSPS) is 10.6. The number of imidazole rings is 1. The van der Waals surface area contributed by atoms with Crippen LogP contribution in [0, 0.1) is 18.4 Å². The molecule has 0 aliphatic heterocycles. The summed E-state index contributed by atoms with van der Waals surface area (Å²) in [7, 11) is 0. The molecule has 1 aromatic rings. The Labute approximate surface area is 122 Å². The highest BCUT2D eigenvalue weighted by molar-refractivity contribution is 8.13. The second-order valence-corrected chi connectivity index (χ2v) is 5.05. The summed E-state index contributed by atoms with van der Waals surface area (Å²) in [6.07, 6.45) is 5.47. The first kappa shape index (κ1) is 17.2. The van der Waals surface area contributed by atoms with Gasteiger partial charge in [0.1, 0.15) is 0 Å². The number of H-pyrrole nitrogens is 1. The average Bonchev–Trinajstić information content (AvgIpc) is 2.73. The molecule has 0 spiro atoms. The number of halogens is 1. The van der Waals surface area contributed by atoms with Crippen molar-refractivity contribution in [1.82, 2.24) is 15.3 Å². The molecule has 0 fully saturated rings. The van der Waals surface area contributed by atoms with Gasteiger partial charge in [0.15, 0.2) is 11.4 Å². The summed E-state index contributed by atoms with van der Waals surface area (Å²) in [6, 6.07) is 0. The quantitative estimate of drug-likeness (QED) is 0.287. The Morgan fingerprint density at radius 1 is 1.67 bits per heavy atom. The molecule has 0 radical (unpaired) electrons. The fourth-order valence-corrected chi connectivity index (χ4v) is 2.33. The van der Waals surface area contributed by atoms with Crippen molar-refractivity contribution in [2.75, 3.05) is 18.6 Å². The Kier molecular flexibility index (Phi) is 9.64. The molecule has 2 N–H and O–H groups in total. The highest BCUT2D eigenvalue weighted by atomic mass is 35.5. The molecular weight excluding hydrogens is 290 g/mol. The maximum atomic E-state index is 8.45. The molecule has 0 aromatic carbocycles. The summed E-state index contributed by atoms with van der Waals surface area (Å²) in [5.41, 5.74) is 2.22. The van der Waals surface area contributed by atoms with Crippen molar-refractivity contribution in [3.8, 4) is 6.19 Å². The van der Waals surface area contributed by atoms with Gasteiger partial charge in [-0.1, -0.05) is 11.8 Å². The monoisotopic (exact) mass is 305 g/mol. The van der Waals surface area contributed by atoms with Crippen LogP contribution in [0.1, 0.15) is 11.4 Å². The number of hydrogen-bond donors (Lipinski definition) is 2. The number of nitriles is 1. The van der Waals surface area contributed by atoms with Gasteiger partial charge >= 0.3 is 0 Å². The molecule has 0 amide bonds. The van der Waals surface area contributed by atoms with Crippen LogP contribution in [-0.2, 0) is 5.75 Å². The van der Waals surface area contributed by atoms with Gasteiger partial charge in [0, 0.05) is 17.2 Å². The van der Waals surface area contributed by atoms with E-state index in [0.717, 1.165) is 22.9 Å². The highest BCUT2D eigenvalue weighted by Crippen LogP contribution is 2.12. The molecule has 0 saturated heterocycles. The summed E-state index contributed by atoms with van der Waals surface area (Å²) < 4.78 is 0. The van der Waals surface area contributed by atoms with E-state index in [1.165, 1.54) is 11.8 Å². The van der Waals surface area contributed by atoms with Crippen LogP contribution in [0.5, 0.6) is 0 Å². The van der Waals surface area contributed by atoms with E-state index in [1.54, 1.807) is 18.1 Å². The van der Waals surface area contributed by atoms with Crippen LogP contribution in [0.2, 0.25) is 0 Å². The number of aryl methyl sites for hydroxylation is 1. The van der Waals surface area contributed by atoms with Crippen LogP contribution in [0.25, 0.3) is 0 Å². The van der Waals surface area contributed by atoms with Crippen molar-refractivity contribution in [3.63, 3.8) is 0 Å². The minimum Gasteiger partial charge on any atom is -0.348 e. The zero-order valence-corrected chi connectivity index (χ0v) is 12.7. The lowest BCUT2D eigenvalue weighted by Crippen LogP contribution is -2.13. The molecule has 0 unspecified atom stereocenters. The minimum atomic E-state index is 0. The van der Waals surface area contributed by atoms with E-state index in [-0.39, 0.29) is 12.4 Å². The molecule has 1 heterocycles. The van der Waals surface area contributed by atoms with E-state index in [2.05, 4.69) is 20.3 Å². The summed E-state index contributed by atoms with van der Waals surface area (Å²) in [4.78, 5) is 11.5. The molecule has 18 heavy (non-hydrogen) atoms. The second kappa shape index (κ2) is 10.1. The zero-order valence-electron chi connectivity index (χ0n) is 10.3. The number of hydrogen-bond acceptors (Lipinski definition) is 5. The first-order chi connectivity index (χ1) is 8.27. The fourth-order valence-electron chi connectivity index (χ4n) is 1.12. The Balaban J connectivity index is 0.00000289. The molecule has 8 heteroatoms. The van der Waals surface area contributed by atoms with Crippen LogP contribution in [0.4, 0.5) is 0 Å². The summed E-state index contributed by atoms with van der Waals surface area (Å²) in [6.45, 7) is 2.72. The Morgan fingerprint density at radius 2 is 2.44 bits per heavy atom. The van der Waals surface area contributed by atoms with Crippen LogP contribution in [-0.4, -0.2) is 33.7 Å². The molecule has 0 aliphatic rings. The minimum absolute atomic E-state index is 0. The van der Waals surface area contributed by atoms with Crippen molar-refractivity contribution in [1.29, 1.82) is 5.26 Å². The van der Waals surface area contributed by atoms with Crippen molar-refractivity contribution < 1.29 is 0 Å². The standard InChI is InChI=1S/C10H15N5S2.ClH/c1-8-9(15-7-14-8)5-17-4-3-12-10(16-2)13-6-11;/h7H,3-5H2,1-2H3,(H,12,13)(H,14,15);1H. The van der Waals surface area contributed by atoms with E-state index in [4.69, 9.17) is 5.26 Å². The molecule has 5 nitrogen and oxygen atoms in total. The first-order valence-electron chi connectivity index (χ1n) is 5.08. The molecule has 0 bridgehead atoms. The Hall–Kier alpha value is -0.840. The lowest BCUT2D eigenvalue weighted by molar-refractivity contribution is 1.11. The number of rotatable bonds is 5. The molecule has 0 aliphatic carbocycles. The third-order valence-corrected chi connectivity index (χ3v) is 3.59. The summed E-state index contributed by atoms with van der Waals surface area (Å²) in [5.74, 6) is 1.81. The summed E-state index contributed by atoms with van der Waals surface area (Å²) in [5, 5.41) is 11.7. The molecule has 100 valence electrons. The van der Waals surface area contributed by atoms with Gasteiger partial charge in [-0.2, -0.15) is 17.0 Å². The lowest BCUT2D eigenvalue weighted by Gasteiger charge is -2.00. The Bertz CT molecular complexity index is 413. The number of aromatic nitrogens is 2. The number of thioether (sulfide) groups is 2. The molecule has 1 aromatic heterocycles. The number of aliphatic imine (C=N–C) groups is 1. The largest absolute Gasteiger partial charge is 0.348 e. The van der Waals surface area contributed by atoms with Gasteiger partial charge in [-0.05, 0) is 13.2 Å². The van der Waals surface area contributed by atoms with Gasteiger partial charge in [-0.15, -0.1) is 12.4 Å². The van der Waals surface area contributed by atoms with E-state index in [1.807, 2.05) is 19.4 Å². The maximum Gasteiger partial charge on any atom is 0.183 e. The van der Waals surface area contributed by atoms with Crippen molar-refractivity contribution in [3.05, 3.63) is 17.7 Å². The van der Waals surface area contributed by atoms with Crippen LogP contribution >= 0.6 is 35.9 Å². The number of amidine groups is 1. The Morgan fingerprint density at radius 3 is 3.00 bits per heavy atom. The lowest BCUT2D eigenvalue weighted by atomic mass is 10.4. The van der Waals surface area contributed by atoms with Crippen LogP contribution in [0.15, 0.2) is 11.3 Å². The van der Waals surface area contributed by atoms with Gasteiger partial charge in [0.2, 0.25) is 0 Å².